The first-order valence-electron chi connectivity index (χ1n) is 3.36. The van der Waals surface area contributed by atoms with Crippen LogP contribution in [0.4, 0.5) is 19.0 Å². The van der Waals surface area contributed by atoms with E-state index in [1.807, 2.05) is 0 Å². The van der Waals surface area contributed by atoms with Gasteiger partial charge in [-0.25, -0.2) is 0 Å². The van der Waals surface area contributed by atoms with Crippen molar-refractivity contribution in [1.29, 1.82) is 0 Å². The molecule has 0 spiro atoms. The van der Waals surface area contributed by atoms with E-state index < -0.39 is 17.6 Å². The second kappa shape index (κ2) is 3.05. The average Bonchev–Trinajstić information content (AvgIpc) is 2.03. The van der Waals surface area contributed by atoms with Crippen molar-refractivity contribution in [3.05, 3.63) is 34.8 Å². The van der Waals surface area contributed by atoms with Crippen LogP contribution >= 0.6 is 0 Å². The summed E-state index contributed by atoms with van der Waals surface area (Å²) in [5.41, 5.74) is -0.581. The summed E-state index contributed by atoms with van der Waals surface area (Å²) < 4.78 is 36.7. The maximum atomic E-state index is 12.2. The van der Waals surface area contributed by atoms with Gasteiger partial charge in [-0.2, -0.15) is 13.2 Å². The largest absolute Gasteiger partial charge is 0.409 e. The van der Waals surface area contributed by atoms with Crippen LogP contribution in [0.15, 0.2) is 12.3 Å². The first-order valence-corrected chi connectivity index (χ1v) is 3.36. The molecule has 1 aromatic rings. The Bertz CT molecular complexity index is 363. The van der Waals surface area contributed by atoms with E-state index in [-0.39, 0.29) is 0 Å². The lowest BCUT2D eigenvalue weighted by Crippen LogP contribution is -2.06. The molecule has 0 aliphatic carbocycles. The molecule has 0 aromatic carbocycles. The van der Waals surface area contributed by atoms with Crippen molar-refractivity contribution in [2.75, 3.05) is 0 Å². The Morgan fingerprint density at radius 2 is 2.08 bits per heavy atom. The highest BCUT2D eigenvalue weighted by molar-refractivity contribution is 5.47. The van der Waals surface area contributed by atoms with Crippen LogP contribution in [-0.4, -0.2) is 4.98 Å². The lowest BCUT2D eigenvalue weighted by Gasteiger charge is -2.07. The number of nitrogens with zero attached hydrogens (tertiary/aromatic N) is 2. The molecule has 0 atom stereocenters. The van der Waals surface area contributed by atoms with Gasteiger partial charge >= 0.3 is 6.18 Å². The predicted molar refractivity (Wildman–Crippen MR) is 40.2 cm³/mol. The van der Waals surface area contributed by atoms with Crippen LogP contribution in [0.5, 0.6) is 0 Å². The molecule has 0 amide bonds. The third-order valence-electron chi connectivity index (χ3n) is 1.41. The normalized spacial score (nSPS) is 11.0. The van der Waals surface area contributed by atoms with Gasteiger partial charge in [-0.15, -0.1) is 4.98 Å². The highest BCUT2D eigenvalue weighted by Crippen LogP contribution is 2.35. The van der Waals surface area contributed by atoms with Gasteiger partial charge in [0.05, 0.1) is 5.56 Å². The van der Waals surface area contributed by atoms with Crippen molar-refractivity contribution in [3.8, 4) is 0 Å². The molecule has 0 saturated heterocycles. The molecule has 0 saturated carbocycles. The van der Waals surface area contributed by atoms with Gasteiger partial charge in [-0.05, 0) is 12.5 Å². The predicted octanol–water partition coefficient (Wildman–Crippen LogP) is 2.96. The van der Waals surface area contributed by atoms with Crippen LogP contribution in [0.25, 0.3) is 4.85 Å². The van der Waals surface area contributed by atoms with Gasteiger partial charge in [0.25, 0.3) is 5.82 Å². The van der Waals surface area contributed by atoms with Crippen molar-refractivity contribution in [3.63, 3.8) is 0 Å². The summed E-state index contributed by atoms with van der Waals surface area (Å²) in [7, 11) is 0. The molecule has 1 aromatic heterocycles. The minimum absolute atomic E-state index is 0.389. The SMILES string of the molecule is [C-]#[N+]c1ncc(C)cc1C(F)(F)F. The first-order chi connectivity index (χ1) is 5.95. The maximum Gasteiger partial charge on any atom is 0.409 e. The number of rotatable bonds is 0. The smallest absolute Gasteiger partial charge is 0.360 e. The molecule has 0 N–H and O–H groups in total. The molecule has 0 unspecified atom stereocenters. The van der Waals surface area contributed by atoms with E-state index in [0.717, 1.165) is 6.07 Å². The second-order valence-electron chi connectivity index (χ2n) is 2.49. The third-order valence-corrected chi connectivity index (χ3v) is 1.41. The summed E-state index contributed by atoms with van der Waals surface area (Å²) in [4.78, 5) is 6.09. The van der Waals surface area contributed by atoms with E-state index in [2.05, 4.69) is 9.83 Å². The molecule has 2 nitrogen and oxygen atoms in total. The first kappa shape index (κ1) is 9.52. The highest BCUT2D eigenvalue weighted by atomic mass is 19.4. The maximum absolute atomic E-state index is 12.2. The molecule has 0 fully saturated rings. The topological polar surface area (TPSA) is 17.2 Å². The monoisotopic (exact) mass is 186 g/mol. The molecule has 0 radical (unpaired) electrons. The van der Waals surface area contributed by atoms with Gasteiger partial charge in [-0.1, -0.05) is 12.6 Å². The standard InChI is InChI=1S/C8H5F3N2/c1-5-3-6(8(9,10)11)7(12-2)13-4-5/h3-4H,1H3. The van der Waals surface area contributed by atoms with E-state index in [9.17, 15) is 13.2 Å². The van der Waals surface area contributed by atoms with Gasteiger partial charge in [0.2, 0.25) is 0 Å². The quantitative estimate of drug-likeness (QED) is 0.569. The number of aromatic nitrogens is 1. The molecule has 5 heteroatoms. The molecule has 1 heterocycles. The number of halogens is 3. The minimum atomic E-state index is -4.50. The average molecular weight is 186 g/mol. The second-order valence-corrected chi connectivity index (χ2v) is 2.49. The molecule has 68 valence electrons. The van der Waals surface area contributed by atoms with Crippen LogP contribution in [0.1, 0.15) is 11.1 Å². The zero-order valence-corrected chi connectivity index (χ0v) is 6.68. The Hall–Kier alpha value is -1.57. The summed E-state index contributed by atoms with van der Waals surface area (Å²) in [6.07, 6.45) is -3.26. The van der Waals surface area contributed by atoms with Crippen molar-refractivity contribution in [1.82, 2.24) is 4.98 Å². The summed E-state index contributed by atoms with van der Waals surface area (Å²) in [5.74, 6) is -0.599. The Morgan fingerprint density at radius 3 is 2.54 bits per heavy atom. The van der Waals surface area contributed by atoms with Crippen LogP contribution in [-0.2, 0) is 6.18 Å². The van der Waals surface area contributed by atoms with Crippen molar-refractivity contribution in [2.24, 2.45) is 0 Å². The molecule has 13 heavy (non-hydrogen) atoms. The molecule has 0 aliphatic heterocycles. The van der Waals surface area contributed by atoms with E-state index in [1.165, 1.54) is 13.1 Å². The summed E-state index contributed by atoms with van der Waals surface area (Å²) >= 11 is 0. The molecule has 1 rings (SSSR count). The van der Waals surface area contributed by atoms with E-state index >= 15 is 0 Å². The number of aryl methyl sites for hydroxylation is 1. The van der Waals surface area contributed by atoms with Gasteiger partial charge < -0.3 is 4.85 Å². The summed E-state index contributed by atoms with van der Waals surface area (Å²) in [6.45, 7) is 7.99. The van der Waals surface area contributed by atoms with E-state index in [4.69, 9.17) is 6.57 Å². The van der Waals surface area contributed by atoms with Gasteiger partial charge in [-0.3, -0.25) is 0 Å². The lowest BCUT2D eigenvalue weighted by molar-refractivity contribution is -0.137. The third kappa shape index (κ3) is 1.96. The fourth-order valence-corrected chi connectivity index (χ4v) is 0.860. The molecule has 0 aliphatic rings. The fraction of sp³-hybridized carbons (Fsp3) is 0.250. The Balaban J connectivity index is 3.35. The fourth-order valence-electron chi connectivity index (χ4n) is 0.860. The van der Waals surface area contributed by atoms with Crippen LogP contribution in [0, 0.1) is 13.5 Å². The Labute approximate surface area is 72.8 Å². The molecular formula is C8H5F3N2. The number of hydrogen-bond acceptors (Lipinski definition) is 1. The van der Waals surface area contributed by atoms with Crippen molar-refractivity contribution >= 4 is 5.82 Å². The van der Waals surface area contributed by atoms with E-state index in [1.54, 1.807) is 0 Å². The van der Waals surface area contributed by atoms with Crippen molar-refractivity contribution in [2.45, 2.75) is 13.1 Å². The van der Waals surface area contributed by atoms with Gasteiger partial charge in [0.1, 0.15) is 6.20 Å². The van der Waals surface area contributed by atoms with Gasteiger partial charge in [0.15, 0.2) is 0 Å². The lowest BCUT2D eigenvalue weighted by atomic mass is 10.2. The number of hydrogen-bond donors (Lipinski definition) is 0. The van der Waals surface area contributed by atoms with Crippen molar-refractivity contribution < 1.29 is 13.2 Å². The van der Waals surface area contributed by atoms with Crippen LogP contribution in [0.2, 0.25) is 0 Å². The van der Waals surface area contributed by atoms with E-state index in [0.29, 0.717) is 5.56 Å². The van der Waals surface area contributed by atoms with Crippen LogP contribution < -0.4 is 0 Å². The Kier molecular flexibility index (Phi) is 2.24. The zero-order valence-electron chi connectivity index (χ0n) is 6.68. The summed E-state index contributed by atoms with van der Waals surface area (Å²) in [5, 5.41) is 0. The molecule has 0 bridgehead atoms. The Morgan fingerprint density at radius 1 is 1.46 bits per heavy atom. The van der Waals surface area contributed by atoms with Gasteiger partial charge in [0, 0.05) is 0 Å². The minimum Gasteiger partial charge on any atom is -0.360 e. The number of pyridine rings is 1. The number of alkyl halides is 3. The highest BCUT2D eigenvalue weighted by Gasteiger charge is 2.34. The zero-order chi connectivity index (χ0) is 10.1. The summed E-state index contributed by atoms with van der Waals surface area (Å²) in [6, 6.07) is 0.917. The van der Waals surface area contributed by atoms with Crippen LogP contribution in [0.3, 0.4) is 0 Å². The molecular weight excluding hydrogens is 181 g/mol.